The highest BCUT2D eigenvalue weighted by atomic mass is 32.1. The van der Waals surface area contributed by atoms with Crippen molar-refractivity contribution in [3.05, 3.63) is 33.0 Å². The van der Waals surface area contributed by atoms with Crippen LogP contribution in [0.2, 0.25) is 0 Å². The molecule has 0 aromatic carbocycles. The van der Waals surface area contributed by atoms with E-state index in [-0.39, 0.29) is 5.91 Å². The highest BCUT2D eigenvalue weighted by molar-refractivity contribution is 7.71. The molecule has 2 aromatic heterocycles. The molecule has 2 aromatic rings. The summed E-state index contributed by atoms with van der Waals surface area (Å²) in [5.74, 6) is 0.508. The Morgan fingerprint density at radius 3 is 3.13 bits per heavy atom. The number of carbonyl (C=O) groups excluding carboxylic acids is 1. The Hall–Kier alpha value is -1.51. The van der Waals surface area contributed by atoms with E-state index < -0.39 is 0 Å². The van der Waals surface area contributed by atoms with Crippen LogP contribution in [0.1, 0.15) is 36.0 Å². The maximum Gasteiger partial charge on any atom is 0.217 e. The van der Waals surface area contributed by atoms with Crippen LogP contribution < -0.4 is 10.6 Å². The summed E-state index contributed by atoms with van der Waals surface area (Å²) in [5.41, 5.74) is 5.23. The van der Waals surface area contributed by atoms with Gasteiger partial charge in [0.1, 0.15) is 11.9 Å². The Morgan fingerprint density at radius 1 is 1.61 bits per heavy atom. The normalized spacial score (nSPS) is 20.9. The number of nitrogens with two attached hydrogens (primary N) is 1. The topological polar surface area (TPSA) is 70.3 Å². The molecule has 3 heterocycles. The van der Waals surface area contributed by atoms with Crippen LogP contribution in [-0.2, 0) is 24.9 Å². The first-order valence-corrected chi connectivity index (χ1v) is 9.14. The third kappa shape index (κ3) is 3.54. The average Bonchev–Trinajstić information content (AvgIpc) is 3.23. The minimum atomic E-state index is -0.312. The van der Waals surface area contributed by atoms with Crippen molar-refractivity contribution in [3.63, 3.8) is 0 Å². The van der Waals surface area contributed by atoms with Crippen molar-refractivity contribution >= 4 is 29.5 Å². The van der Waals surface area contributed by atoms with Gasteiger partial charge < -0.3 is 15.2 Å². The van der Waals surface area contributed by atoms with Gasteiger partial charge in [0.15, 0.2) is 6.67 Å². The zero-order valence-electron chi connectivity index (χ0n) is 13.2. The van der Waals surface area contributed by atoms with E-state index in [1.807, 2.05) is 27.6 Å². The molecule has 1 fully saturated rings. The molecule has 6 nitrogen and oxygen atoms in total. The van der Waals surface area contributed by atoms with Gasteiger partial charge in [0.05, 0.1) is 11.4 Å². The van der Waals surface area contributed by atoms with Gasteiger partial charge in [-0.25, -0.2) is 0 Å². The lowest BCUT2D eigenvalue weighted by molar-refractivity contribution is -0.941. The summed E-state index contributed by atoms with van der Waals surface area (Å²) in [6.45, 7) is 1.91. The van der Waals surface area contributed by atoms with Gasteiger partial charge in [0.25, 0.3) is 0 Å². The van der Waals surface area contributed by atoms with Gasteiger partial charge in [-0.2, -0.15) is 9.78 Å². The molecule has 0 aliphatic carbocycles. The molecule has 0 saturated carbocycles. The Labute approximate surface area is 144 Å². The summed E-state index contributed by atoms with van der Waals surface area (Å²) < 4.78 is 4.48. The first-order chi connectivity index (χ1) is 11.1. The Balaban J connectivity index is 1.76. The van der Waals surface area contributed by atoms with Crippen molar-refractivity contribution in [2.24, 2.45) is 12.8 Å². The number of hydrogen-bond donors (Lipinski definition) is 2. The highest BCUT2D eigenvalue weighted by Crippen LogP contribution is 2.23. The fourth-order valence-corrected chi connectivity index (χ4v) is 4.35. The van der Waals surface area contributed by atoms with Crippen LogP contribution in [0.4, 0.5) is 0 Å². The second-order valence-corrected chi connectivity index (χ2v) is 7.34. The standard InChI is InChI=1S/C15H21N5OS2/c1-18-14(7-6-13(16)21)17-20(15(18)22)10-19-8-2-4-11(19)12-5-3-9-23-12/h3,5,9,11H,2,4,6-8,10H2,1H3,(H2,16,21)/p+1/t11-/m0/s1. The summed E-state index contributed by atoms with van der Waals surface area (Å²) in [4.78, 5) is 13.9. The van der Waals surface area contributed by atoms with Gasteiger partial charge in [-0.1, -0.05) is 6.07 Å². The first-order valence-electron chi connectivity index (χ1n) is 7.85. The van der Waals surface area contributed by atoms with Crippen LogP contribution >= 0.6 is 23.6 Å². The van der Waals surface area contributed by atoms with Crippen molar-refractivity contribution < 1.29 is 9.69 Å². The molecule has 124 valence electrons. The number of rotatable bonds is 6. The SMILES string of the molecule is Cn1c(CCC(N)=O)nn(C[NH+]2CCC[C@H]2c2cccs2)c1=S. The van der Waals surface area contributed by atoms with E-state index >= 15 is 0 Å². The molecule has 1 aliphatic rings. The van der Waals surface area contributed by atoms with Crippen LogP contribution in [0.25, 0.3) is 0 Å². The molecule has 8 heteroatoms. The number of carbonyl (C=O) groups is 1. The number of primary amides is 1. The van der Waals surface area contributed by atoms with E-state index in [1.165, 1.54) is 22.6 Å². The van der Waals surface area contributed by atoms with E-state index in [9.17, 15) is 4.79 Å². The lowest BCUT2D eigenvalue weighted by Crippen LogP contribution is -3.09. The highest BCUT2D eigenvalue weighted by Gasteiger charge is 2.31. The minimum absolute atomic E-state index is 0.300. The lowest BCUT2D eigenvalue weighted by atomic mass is 10.2. The number of nitrogens with one attached hydrogen (secondary N) is 1. The van der Waals surface area contributed by atoms with E-state index in [4.69, 9.17) is 18.0 Å². The summed E-state index contributed by atoms with van der Waals surface area (Å²) in [5, 5.41) is 6.75. The van der Waals surface area contributed by atoms with E-state index in [0.29, 0.717) is 23.7 Å². The maximum absolute atomic E-state index is 11.0. The van der Waals surface area contributed by atoms with Crippen molar-refractivity contribution in [1.82, 2.24) is 14.3 Å². The molecule has 1 unspecified atom stereocenters. The summed E-state index contributed by atoms with van der Waals surface area (Å²) >= 11 is 7.33. The molecule has 23 heavy (non-hydrogen) atoms. The molecule has 0 bridgehead atoms. The minimum Gasteiger partial charge on any atom is -0.370 e. The van der Waals surface area contributed by atoms with Gasteiger partial charge in [0, 0.05) is 32.7 Å². The Bertz CT molecular complexity index is 734. The van der Waals surface area contributed by atoms with Crippen LogP contribution in [0, 0.1) is 4.77 Å². The number of hydrogen-bond acceptors (Lipinski definition) is 4. The molecule has 0 spiro atoms. The summed E-state index contributed by atoms with van der Waals surface area (Å²) in [6, 6.07) is 4.87. The lowest BCUT2D eigenvalue weighted by Gasteiger charge is -2.20. The Kier molecular flexibility index (Phi) is 4.93. The van der Waals surface area contributed by atoms with Crippen molar-refractivity contribution in [2.75, 3.05) is 6.54 Å². The van der Waals surface area contributed by atoms with Crippen molar-refractivity contribution in [1.29, 1.82) is 0 Å². The van der Waals surface area contributed by atoms with Crippen LogP contribution in [0.3, 0.4) is 0 Å². The van der Waals surface area contributed by atoms with Crippen LogP contribution in [-0.4, -0.2) is 26.8 Å². The van der Waals surface area contributed by atoms with Crippen LogP contribution in [0.15, 0.2) is 17.5 Å². The number of amides is 1. The maximum atomic E-state index is 11.0. The number of aryl methyl sites for hydroxylation is 1. The third-order valence-electron chi connectivity index (χ3n) is 4.45. The van der Waals surface area contributed by atoms with Gasteiger partial charge in [-0.05, 0) is 23.7 Å². The second-order valence-electron chi connectivity index (χ2n) is 6.00. The third-order valence-corrected chi connectivity index (χ3v) is 5.92. The molecule has 1 saturated heterocycles. The zero-order chi connectivity index (χ0) is 16.4. The van der Waals surface area contributed by atoms with Gasteiger partial charge in [-0.3, -0.25) is 4.79 Å². The van der Waals surface area contributed by atoms with Crippen molar-refractivity contribution in [3.8, 4) is 0 Å². The van der Waals surface area contributed by atoms with E-state index in [0.717, 1.165) is 19.0 Å². The summed E-state index contributed by atoms with van der Waals surface area (Å²) in [6.07, 6.45) is 3.28. The monoisotopic (exact) mass is 352 g/mol. The molecular weight excluding hydrogens is 330 g/mol. The molecule has 3 rings (SSSR count). The summed E-state index contributed by atoms with van der Waals surface area (Å²) in [7, 11) is 1.90. The molecule has 3 N–H and O–H groups in total. The molecule has 0 radical (unpaired) electrons. The first kappa shape index (κ1) is 16.4. The van der Waals surface area contributed by atoms with Gasteiger partial charge in [-0.15, -0.1) is 11.3 Å². The number of quaternary nitrogens is 1. The second kappa shape index (κ2) is 6.94. The molecular formula is C15H22N5OS2+. The number of likely N-dealkylation sites (tertiary alicyclic amines) is 1. The Morgan fingerprint density at radius 2 is 2.43 bits per heavy atom. The zero-order valence-corrected chi connectivity index (χ0v) is 14.8. The fourth-order valence-electron chi connectivity index (χ4n) is 3.21. The van der Waals surface area contributed by atoms with E-state index in [2.05, 4.69) is 22.6 Å². The van der Waals surface area contributed by atoms with Crippen molar-refractivity contribution in [2.45, 2.75) is 38.4 Å². The van der Waals surface area contributed by atoms with Gasteiger partial charge >= 0.3 is 0 Å². The largest absolute Gasteiger partial charge is 0.370 e. The van der Waals surface area contributed by atoms with E-state index in [1.54, 1.807) is 0 Å². The number of thiophene rings is 1. The number of aromatic nitrogens is 3. The number of nitrogens with zero attached hydrogens (tertiary/aromatic N) is 3. The van der Waals surface area contributed by atoms with Gasteiger partial charge in [0.2, 0.25) is 10.7 Å². The quantitative estimate of drug-likeness (QED) is 0.756. The predicted octanol–water partition coefficient (Wildman–Crippen LogP) is 0.808. The molecule has 1 amide bonds. The fraction of sp³-hybridized carbons (Fsp3) is 0.533. The van der Waals surface area contributed by atoms with Crippen LogP contribution in [0.5, 0.6) is 0 Å². The average molecular weight is 353 g/mol. The molecule has 1 aliphatic heterocycles. The smallest absolute Gasteiger partial charge is 0.217 e. The predicted molar refractivity (Wildman–Crippen MR) is 91.7 cm³/mol. The molecule has 2 atom stereocenters.